The molecule has 0 radical (unpaired) electrons. The molecule has 212 valence electrons. The number of rotatable bonds is 9. The number of methoxy groups -OCH3 is 1. The molecule has 0 aliphatic heterocycles. The van der Waals surface area contributed by atoms with Gasteiger partial charge in [-0.15, -0.1) is 5.10 Å². The molecule has 0 saturated heterocycles. The summed E-state index contributed by atoms with van der Waals surface area (Å²) in [5, 5.41) is 9.48. The summed E-state index contributed by atoms with van der Waals surface area (Å²) >= 11 is 6.18. The van der Waals surface area contributed by atoms with Crippen LogP contribution < -0.4 is 5.56 Å². The lowest BCUT2D eigenvalue weighted by atomic mass is 9.96. The zero-order valence-electron chi connectivity index (χ0n) is 23.3. The van der Waals surface area contributed by atoms with Gasteiger partial charge in [0.1, 0.15) is 17.8 Å². The van der Waals surface area contributed by atoms with Crippen molar-refractivity contribution in [2.24, 2.45) is 7.05 Å². The van der Waals surface area contributed by atoms with E-state index < -0.39 is 17.7 Å². The van der Waals surface area contributed by atoms with E-state index in [9.17, 15) is 14.4 Å². The summed E-state index contributed by atoms with van der Waals surface area (Å²) in [6.45, 7) is 7.64. The summed E-state index contributed by atoms with van der Waals surface area (Å²) in [5.41, 5.74) is 1.77. The molecule has 0 bridgehead atoms. The van der Waals surface area contributed by atoms with Gasteiger partial charge in [0.05, 0.1) is 37.7 Å². The van der Waals surface area contributed by atoms with Crippen LogP contribution in [0.4, 0.5) is 0 Å². The van der Waals surface area contributed by atoms with E-state index >= 15 is 0 Å². The Morgan fingerprint density at radius 3 is 2.45 bits per heavy atom. The van der Waals surface area contributed by atoms with E-state index in [0.29, 0.717) is 39.4 Å². The average Bonchev–Trinajstić information content (AvgIpc) is 3.51. The monoisotopic (exact) mass is 569 g/mol. The molecule has 0 aliphatic carbocycles. The van der Waals surface area contributed by atoms with Gasteiger partial charge in [0.25, 0.3) is 5.56 Å². The highest BCUT2D eigenvalue weighted by molar-refractivity contribution is 6.30. The predicted molar refractivity (Wildman–Crippen MR) is 149 cm³/mol. The normalized spacial score (nSPS) is 12.5. The van der Waals surface area contributed by atoms with Gasteiger partial charge in [0, 0.05) is 36.1 Å². The molecule has 0 spiro atoms. The molecule has 11 nitrogen and oxygen atoms in total. The molecule has 0 aliphatic rings. The van der Waals surface area contributed by atoms with E-state index in [1.807, 2.05) is 39.0 Å². The summed E-state index contributed by atoms with van der Waals surface area (Å²) in [5.74, 6) is -0.988. The Morgan fingerprint density at radius 1 is 1.12 bits per heavy atom. The molecule has 12 heteroatoms. The van der Waals surface area contributed by atoms with Crippen molar-refractivity contribution in [3.8, 4) is 11.1 Å². The third-order valence-electron chi connectivity index (χ3n) is 6.17. The molecule has 3 aromatic heterocycles. The van der Waals surface area contributed by atoms with Gasteiger partial charge in [0.15, 0.2) is 6.10 Å². The van der Waals surface area contributed by atoms with Crippen LogP contribution in [0, 0.1) is 0 Å². The SMILES string of the molecule is COC(=O)C(OC(C)(C)C)c1c(-c2ccc(Cl)cc2)c2ccn(Cc3cn(CCOC(C)=O)nn3)c2c(=O)n1C. The van der Waals surface area contributed by atoms with Gasteiger partial charge in [-0.25, -0.2) is 9.48 Å². The fraction of sp³-hybridized carbons (Fsp3) is 0.393. The first-order valence-corrected chi connectivity index (χ1v) is 13.0. The lowest BCUT2D eigenvalue weighted by molar-refractivity contribution is -0.165. The van der Waals surface area contributed by atoms with Crippen LogP contribution in [0.2, 0.25) is 5.02 Å². The fourth-order valence-corrected chi connectivity index (χ4v) is 4.62. The van der Waals surface area contributed by atoms with Crippen LogP contribution in [0.25, 0.3) is 22.0 Å². The Balaban J connectivity index is 1.87. The summed E-state index contributed by atoms with van der Waals surface area (Å²) < 4.78 is 21.1. The molecule has 4 rings (SSSR count). The van der Waals surface area contributed by atoms with Crippen molar-refractivity contribution in [2.45, 2.75) is 52.5 Å². The van der Waals surface area contributed by atoms with E-state index in [-0.39, 0.29) is 24.7 Å². The second-order valence-corrected chi connectivity index (χ2v) is 10.7. The number of ether oxygens (including phenoxy) is 3. The number of carbonyl (C=O) groups is 2. The van der Waals surface area contributed by atoms with Gasteiger partial charge in [-0.2, -0.15) is 0 Å². The summed E-state index contributed by atoms with van der Waals surface area (Å²) in [4.78, 5) is 38.0. The molecule has 4 aromatic rings. The van der Waals surface area contributed by atoms with Crippen molar-refractivity contribution in [3.63, 3.8) is 0 Å². The molecular weight excluding hydrogens is 538 g/mol. The second-order valence-electron chi connectivity index (χ2n) is 10.3. The molecule has 0 saturated carbocycles. The minimum absolute atomic E-state index is 0.177. The van der Waals surface area contributed by atoms with Crippen molar-refractivity contribution in [3.05, 3.63) is 69.5 Å². The Bertz CT molecular complexity index is 1600. The predicted octanol–water partition coefficient (Wildman–Crippen LogP) is 3.89. The first-order valence-electron chi connectivity index (χ1n) is 12.6. The second kappa shape index (κ2) is 11.6. The first-order chi connectivity index (χ1) is 18.9. The Morgan fingerprint density at radius 2 is 1.82 bits per heavy atom. The van der Waals surface area contributed by atoms with E-state index in [4.69, 9.17) is 25.8 Å². The molecule has 0 N–H and O–H groups in total. The smallest absolute Gasteiger partial charge is 0.341 e. The number of hydrogen-bond acceptors (Lipinski definition) is 8. The molecule has 1 atom stereocenters. The van der Waals surface area contributed by atoms with Gasteiger partial charge in [-0.3, -0.25) is 9.59 Å². The summed E-state index contributed by atoms with van der Waals surface area (Å²) in [6, 6.07) is 9.01. The maximum absolute atomic E-state index is 13.9. The molecule has 1 aromatic carbocycles. The maximum atomic E-state index is 13.9. The van der Waals surface area contributed by atoms with Crippen molar-refractivity contribution in [2.75, 3.05) is 13.7 Å². The number of fused-ring (bicyclic) bond motifs is 1. The van der Waals surface area contributed by atoms with Gasteiger partial charge in [0.2, 0.25) is 0 Å². The summed E-state index contributed by atoms with van der Waals surface area (Å²) in [6.07, 6.45) is 2.36. The number of esters is 2. The number of carbonyl (C=O) groups excluding carboxylic acids is 2. The molecule has 0 amide bonds. The number of halogens is 1. The van der Waals surface area contributed by atoms with Crippen LogP contribution in [0.5, 0.6) is 0 Å². The van der Waals surface area contributed by atoms with E-state index in [1.165, 1.54) is 18.6 Å². The third-order valence-corrected chi connectivity index (χ3v) is 6.42. The zero-order chi connectivity index (χ0) is 29.2. The number of pyridine rings is 1. The fourth-order valence-electron chi connectivity index (χ4n) is 4.50. The third kappa shape index (κ3) is 6.26. The molecule has 0 fully saturated rings. The van der Waals surface area contributed by atoms with E-state index in [0.717, 1.165) is 5.56 Å². The first kappa shape index (κ1) is 29.0. The van der Waals surface area contributed by atoms with Gasteiger partial charge >= 0.3 is 11.9 Å². The Hall–Kier alpha value is -3.96. The van der Waals surface area contributed by atoms with Gasteiger partial charge in [-0.05, 0) is 44.5 Å². The zero-order valence-corrected chi connectivity index (χ0v) is 24.1. The molecular formula is C28H32ClN5O6. The number of nitrogens with zero attached hydrogens (tertiary/aromatic N) is 5. The Kier molecular flexibility index (Phi) is 8.45. The van der Waals surface area contributed by atoms with Crippen molar-refractivity contribution in [1.82, 2.24) is 24.1 Å². The average molecular weight is 570 g/mol. The number of benzene rings is 1. The number of hydrogen-bond donors (Lipinski definition) is 0. The van der Waals surface area contributed by atoms with Crippen molar-refractivity contribution in [1.29, 1.82) is 0 Å². The van der Waals surface area contributed by atoms with Crippen LogP contribution in [-0.2, 0) is 43.9 Å². The standard InChI is InChI=1S/C28H32ClN5O6/c1-17(35)39-14-13-34-16-20(30-31-34)15-33-12-11-21-22(18-7-9-19(29)10-8-18)24(32(5)26(36)23(21)33)25(27(37)38-6)40-28(2,3)4/h7-12,16,25H,13-15H2,1-6H3. The van der Waals surface area contributed by atoms with Gasteiger partial charge < -0.3 is 23.3 Å². The van der Waals surface area contributed by atoms with Crippen molar-refractivity contribution >= 4 is 34.4 Å². The highest BCUT2D eigenvalue weighted by Crippen LogP contribution is 2.38. The lowest BCUT2D eigenvalue weighted by Gasteiger charge is -2.29. The highest BCUT2D eigenvalue weighted by Gasteiger charge is 2.34. The van der Waals surface area contributed by atoms with E-state index in [1.54, 1.807) is 40.8 Å². The van der Waals surface area contributed by atoms with Crippen molar-refractivity contribution < 1.29 is 23.8 Å². The maximum Gasteiger partial charge on any atom is 0.341 e. The summed E-state index contributed by atoms with van der Waals surface area (Å²) in [7, 11) is 2.90. The quantitative estimate of drug-likeness (QED) is 0.278. The Labute approximate surface area is 236 Å². The van der Waals surface area contributed by atoms with Crippen LogP contribution in [0.15, 0.2) is 47.5 Å². The minimum Gasteiger partial charge on any atom is -0.467 e. The molecule has 40 heavy (non-hydrogen) atoms. The van der Waals surface area contributed by atoms with E-state index in [2.05, 4.69) is 10.3 Å². The lowest BCUT2D eigenvalue weighted by Crippen LogP contribution is -2.33. The van der Waals surface area contributed by atoms with Crippen LogP contribution in [0.3, 0.4) is 0 Å². The number of aromatic nitrogens is 5. The largest absolute Gasteiger partial charge is 0.467 e. The molecule has 1 unspecified atom stereocenters. The van der Waals surface area contributed by atoms with Crippen LogP contribution in [-0.4, -0.2) is 55.4 Å². The topological polar surface area (TPSA) is 119 Å². The van der Waals surface area contributed by atoms with Crippen LogP contribution in [0.1, 0.15) is 45.2 Å². The highest BCUT2D eigenvalue weighted by atomic mass is 35.5. The van der Waals surface area contributed by atoms with Gasteiger partial charge in [-0.1, -0.05) is 28.9 Å². The minimum atomic E-state index is -1.17. The molecule has 3 heterocycles. The van der Waals surface area contributed by atoms with Crippen LogP contribution >= 0.6 is 11.6 Å².